The van der Waals surface area contributed by atoms with E-state index in [0.29, 0.717) is 11.8 Å². The summed E-state index contributed by atoms with van der Waals surface area (Å²) in [6.45, 7) is 0.226. The van der Waals surface area contributed by atoms with Gasteiger partial charge in [0, 0.05) is 16.5 Å². The van der Waals surface area contributed by atoms with Crippen molar-refractivity contribution in [2.75, 3.05) is 13.9 Å². The Balaban J connectivity index is 1.14. The fourth-order valence-electron chi connectivity index (χ4n) is 5.99. The van der Waals surface area contributed by atoms with E-state index >= 15 is 0 Å². The Morgan fingerprint density at radius 3 is 2.36 bits per heavy atom. The highest BCUT2D eigenvalue weighted by Crippen LogP contribution is 2.42. The Morgan fingerprint density at radius 1 is 0.727 bits per heavy atom. The molecule has 5 aromatic carbocycles. The molecule has 0 atom stereocenters. The third kappa shape index (κ3) is 3.76. The molecule has 1 aliphatic rings. The second-order valence-electron chi connectivity index (χ2n) is 10.6. The first-order valence-corrected chi connectivity index (χ1v) is 14.2. The minimum Gasteiger partial charge on any atom is -0.496 e. The Morgan fingerprint density at radius 2 is 1.48 bits per heavy atom. The van der Waals surface area contributed by atoms with Crippen molar-refractivity contribution in [3.63, 3.8) is 0 Å². The van der Waals surface area contributed by atoms with Crippen molar-refractivity contribution in [3.8, 4) is 57.0 Å². The van der Waals surface area contributed by atoms with Gasteiger partial charge in [-0.25, -0.2) is 9.97 Å². The molecule has 2 N–H and O–H groups in total. The van der Waals surface area contributed by atoms with E-state index in [-0.39, 0.29) is 6.79 Å². The third-order valence-electron chi connectivity index (χ3n) is 8.09. The minimum absolute atomic E-state index is 0.226. The van der Waals surface area contributed by atoms with Gasteiger partial charge in [-0.1, -0.05) is 60.7 Å². The normalized spacial score (nSPS) is 12.5. The molecule has 4 heterocycles. The summed E-state index contributed by atoms with van der Waals surface area (Å²) in [4.78, 5) is 16.9. The van der Waals surface area contributed by atoms with E-state index in [4.69, 9.17) is 29.3 Å². The average molecular weight is 577 g/mol. The van der Waals surface area contributed by atoms with Crippen LogP contribution in [0.15, 0.2) is 103 Å². The topological polar surface area (TPSA) is 103 Å². The maximum absolute atomic E-state index is 5.75. The Kier molecular flexibility index (Phi) is 5.27. The molecule has 0 bridgehead atoms. The van der Waals surface area contributed by atoms with Crippen LogP contribution in [0, 0.1) is 0 Å². The zero-order chi connectivity index (χ0) is 29.2. The Labute approximate surface area is 250 Å². The molecule has 0 aliphatic carbocycles. The molecule has 44 heavy (non-hydrogen) atoms. The van der Waals surface area contributed by atoms with Crippen molar-refractivity contribution < 1.29 is 14.2 Å². The lowest BCUT2D eigenvalue weighted by Crippen LogP contribution is -1.98. The number of hydrogen-bond acceptors (Lipinski definition) is 6. The standard InChI is InChI=1S/C35H24N6O3/c1-42-30-11-5-3-7-22(30)20-13-15-25-27(17-20)37-34(36-25)32-24-8-2-4-10-29(24)41(40-32)35-38-26-16-14-21(18-28(26)39-35)23-9-6-12-31-33(23)44-19-43-31/h2-18H,19H2,1H3,(H,36,37)(H,38,39). The van der Waals surface area contributed by atoms with Crippen LogP contribution >= 0.6 is 0 Å². The molecular formula is C35H24N6O3. The molecule has 0 saturated carbocycles. The monoisotopic (exact) mass is 576 g/mol. The van der Waals surface area contributed by atoms with Crippen LogP contribution in [0.2, 0.25) is 0 Å². The summed E-state index contributed by atoms with van der Waals surface area (Å²) < 4.78 is 18.8. The second-order valence-corrected chi connectivity index (χ2v) is 10.6. The van der Waals surface area contributed by atoms with Crippen LogP contribution in [-0.4, -0.2) is 43.6 Å². The number of nitrogens with zero attached hydrogens (tertiary/aromatic N) is 4. The van der Waals surface area contributed by atoms with E-state index in [1.165, 1.54) is 0 Å². The third-order valence-corrected chi connectivity index (χ3v) is 8.09. The maximum atomic E-state index is 5.75. The number of imidazole rings is 2. The van der Waals surface area contributed by atoms with E-state index in [9.17, 15) is 0 Å². The van der Waals surface area contributed by atoms with Crippen LogP contribution in [0.3, 0.4) is 0 Å². The number of aromatic nitrogens is 6. The summed E-state index contributed by atoms with van der Waals surface area (Å²) in [5.74, 6) is 3.63. The molecular weight excluding hydrogens is 552 g/mol. The molecule has 0 radical (unpaired) electrons. The molecule has 0 fully saturated rings. The van der Waals surface area contributed by atoms with Gasteiger partial charge in [0.15, 0.2) is 17.3 Å². The first-order chi connectivity index (χ1) is 21.7. The quantitative estimate of drug-likeness (QED) is 0.220. The van der Waals surface area contributed by atoms with E-state index < -0.39 is 0 Å². The summed E-state index contributed by atoms with van der Waals surface area (Å²) in [6.07, 6.45) is 0. The van der Waals surface area contributed by atoms with Gasteiger partial charge in [-0.2, -0.15) is 9.78 Å². The average Bonchev–Trinajstić information content (AvgIpc) is 3.87. The lowest BCUT2D eigenvalue weighted by molar-refractivity contribution is 0.174. The van der Waals surface area contributed by atoms with Gasteiger partial charge in [0.1, 0.15) is 11.4 Å². The molecule has 9 nitrogen and oxygen atoms in total. The zero-order valence-corrected chi connectivity index (χ0v) is 23.5. The van der Waals surface area contributed by atoms with Gasteiger partial charge < -0.3 is 24.2 Å². The molecule has 0 saturated heterocycles. The molecule has 0 unspecified atom stereocenters. The molecule has 0 spiro atoms. The van der Waals surface area contributed by atoms with Crippen molar-refractivity contribution in [2.24, 2.45) is 0 Å². The van der Waals surface area contributed by atoms with Crippen LogP contribution in [0.5, 0.6) is 17.2 Å². The largest absolute Gasteiger partial charge is 0.496 e. The van der Waals surface area contributed by atoms with Gasteiger partial charge in [0.2, 0.25) is 12.7 Å². The number of H-pyrrole nitrogens is 2. The van der Waals surface area contributed by atoms with Crippen LogP contribution in [-0.2, 0) is 0 Å². The van der Waals surface area contributed by atoms with Gasteiger partial charge >= 0.3 is 0 Å². The number of nitrogens with one attached hydrogen (secondary N) is 2. The number of fused-ring (bicyclic) bond motifs is 4. The number of ether oxygens (including phenoxy) is 3. The fraction of sp³-hybridized carbons (Fsp3) is 0.0571. The van der Waals surface area contributed by atoms with Crippen molar-refractivity contribution in [3.05, 3.63) is 103 Å². The maximum Gasteiger partial charge on any atom is 0.231 e. The van der Waals surface area contributed by atoms with Gasteiger partial charge in [0.25, 0.3) is 0 Å². The predicted octanol–water partition coefficient (Wildman–Crippen LogP) is 7.52. The second kappa shape index (κ2) is 9.47. The Hall–Kier alpha value is -6.09. The molecule has 3 aromatic heterocycles. The van der Waals surface area contributed by atoms with Crippen LogP contribution in [0.4, 0.5) is 0 Å². The number of rotatable bonds is 5. The van der Waals surface area contributed by atoms with E-state index in [1.54, 1.807) is 7.11 Å². The number of methoxy groups -OCH3 is 1. The highest BCUT2D eigenvalue weighted by atomic mass is 16.7. The number of para-hydroxylation sites is 3. The highest BCUT2D eigenvalue weighted by molar-refractivity contribution is 5.95. The molecule has 212 valence electrons. The predicted molar refractivity (Wildman–Crippen MR) is 169 cm³/mol. The molecule has 9 heteroatoms. The van der Waals surface area contributed by atoms with E-state index in [0.717, 1.165) is 78.2 Å². The van der Waals surface area contributed by atoms with Crippen LogP contribution in [0.1, 0.15) is 0 Å². The number of hydrogen-bond donors (Lipinski definition) is 2. The van der Waals surface area contributed by atoms with E-state index in [2.05, 4.69) is 40.3 Å². The summed E-state index contributed by atoms with van der Waals surface area (Å²) in [5.41, 5.74) is 9.18. The smallest absolute Gasteiger partial charge is 0.231 e. The molecule has 1 aliphatic heterocycles. The fourth-order valence-corrected chi connectivity index (χ4v) is 5.99. The molecule has 8 aromatic rings. The first kappa shape index (κ1) is 24.5. The van der Waals surface area contributed by atoms with Crippen molar-refractivity contribution >= 4 is 33.0 Å². The first-order valence-electron chi connectivity index (χ1n) is 14.2. The summed E-state index contributed by atoms with van der Waals surface area (Å²) in [6, 6.07) is 34.3. The zero-order valence-electron chi connectivity index (χ0n) is 23.5. The van der Waals surface area contributed by atoms with Gasteiger partial charge in [-0.3, -0.25) is 0 Å². The molecule has 9 rings (SSSR count). The van der Waals surface area contributed by atoms with E-state index in [1.807, 2.05) is 77.5 Å². The minimum atomic E-state index is 0.226. The van der Waals surface area contributed by atoms with Gasteiger partial charge in [-0.15, -0.1) is 0 Å². The highest BCUT2D eigenvalue weighted by Gasteiger charge is 2.21. The van der Waals surface area contributed by atoms with Crippen molar-refractivity contribution in [1.29, 1.82) is 0 Å². The van der Waals surface area contributed by atoms with Crippen molar-refractivity contribution in [2.45, 2.75) is 0 Å². The Bertz CT molecular complexity index is 2380. The van der Waals surface area contributed by atoms with Crippen LogP contribution in [0.25, 0.3) is 72.7 Å². The van der Waals surface area contributed by atoms with Gasteiger partial charge in [-0.05, 0) is 53.6 Å². The summed E-state index contributed by atoms with van der Waals surface area (Å²) in [7, 11) is 1.69. The van der Waals surface area contributed by atoms with Crippen molar-refractivity contribution in [1.82, 2.24) is 29.7 Å². The lowest BCUT2D eigenvalue weighted by Gasteiger charge is -2.07. The summed E-state index contributed by atoms with van der Waals surface area (Å²) in [5, 5.41) is 6.00. The number of benzene rings is 5. The van der Waals surface area contributed by atoms with Gasteiger partial charge in [0.05, 0.1) is 34.7 Å². The lowest BCUT2D eigenvalue weighted by atomic mass is 10.0. The van der Waals surface area contributed by atoms with Crippen LogP contribution < -0.4 is 14.2 Å². The SMILES string of the molecule is COc1ccccc1-c1ccc2[nH]c(-c3nn(-c4nc5cc(-c6cccc7c6OCO7)ccc5[nH]4)c4ccccc34)nc2c1. The summed E-state index contributed by atoms with van der Waals surface area (Å²) >= 11 is 0. The number of aromatic amines is 2. The molecule has 0 amide bonds.